The highest BCUT2D eigenvalue weighted by molar-refractivity contribution is 7.99. The number of carbonyl (C=O) groups is 1. The van der Waals surface area contributed by atoms with Crippen molar-refractivity contribution in [2.75, 3.05) is 5.75 Å². The molecule has 2 unspecified atom stereocenters. The van der Waals surface area contributed by atoms with Crippen molar-refractivity contribution in [1.82, 2.24) is 25.1 Å². The SMILES string of the molecule is CC1CCCC(C)N1C(=O)CSc1n[nH]c(-c2ccccn2)n1. The zero-order chi connectivity index (χ0) is 16.2. The molecule has 6 nitrogen and oxygen atoms in total. The number of aromatic amines is 1. The van der Waals surface area contributed by atoms with E-state index in [-0.39, 0.29) is 5.91 Å². The molecule has 2 aromatic rings. The van der Waals surface area contributed by atoms with Crippen LogP contribution in [0.5, 0.6) is 0 Å². The van der Waals surface area contributed by atoms with E-state index in [1.165, 1.54) is 18.2 Å². The lowest BCUT2D eigenvalue weighted by atomic mass is 9.98. The monoisotopic (exact) mass is 331 g/mol. The Labute approximate surface area is 140 Å². The Bertz CT molecular complexity index is 650. The van der Waals surface area contributed by atoms with E-state index in [1.807, 2.05) is 23.1 Å². The molecule has 0 spiro atoms. The van der Waals surface area contributed by atoms with Crippen LogP contribution < -0.4 is 0 Å². The van der Waals surface area contributed by atoms with Crippen LogP contribution >= 0.6 is 11.8 Å². The first kappa shape index (κ1) is 16.0. The molecular formula is C16H21N5OS. The number of hydrogen-bond donors (Lipinski definition) is 1. The standard InChI is InChI=1S/C16H21N5OS/c1-11-6-5-7-12(2)21(11)14(22)10-23-16-18-15(19-20-16)13-8-3-4-9-17-13/h3-4,8-9,11-12H,5-7,10H2,1-2H3,(H,18,19,20). The van der Waals surface area contributed by atoms with Crippen LogP contribution in [0.4, 0.5) is 0 Å². The molecule has 2 aromatic heterocycles. The van der Waals surface area contributed by atoms with Gasteiger partial charge in [0.15, 0.2) is 5.82 Å². The van der Waals surface area contributed by atoms with Gasteiger partial charge < -0.3 is 4.90 Å². The van der Waals surface area contributed by atoms with E-state index in [9.17, 15) is 4.79 Å². The number of nitrogens with zero attached hydrogens (tertiary/aromatic N) is 4. The van der Waals surface area contributed by atoms with Gasteiger partial charge in [0, 0.05) is 18.3 Å². The van der Waals surface area contributed by atoms with Gasteiger partial charge >= 0.3 is 0 Å². The predicted molar refractivity (Wildman–Crippen MR) is 90.0 cm³/mol. The van der Waals surface area contributed by atoms with Crippen LogP contribution in [0.2, 0.25) is 0 Å². The summed E-state index contributed by atoms with van der Waals surface area (Å²) in [6.07, 6.45) is 5.09. The summed E-state index contributed by atoms with van der Waals surface area (Å²) in [5, 5.41) is 7.62. The molecule has 1 amide bonds. The molecule has 0 aromatic carbocycles. The molecular weight excluding hydrogens is 310 g/mol. The molecule has 122 valence electrons. The summed E-state index contributed by atoms with van der Waals surface area (Å²) in [7, 11) is 0. The Hall–Kier alpha value is -1.89. The Morgan fingerprint density at radius 1 is 1.35 bits per heavy atom. The number of nitrogens with one attached hydrogen (secondary N) is 1. The molecule has 0 bridgehead atoms. The molecule has 1 fully saturated rings. The second-order valence-corrected chi connectivity index (χ2v) is 6.84. The summed E-state index contributed by atoms with van der Waals surface area (Å²) < 4.78 is 0. The van der Waals surface area contributed by atoms with Gasteiger partial charge in [-0.1, -0.05) is 17.8 Å². The minimum atomic E-state index is 0.166. The highest BCUT2D eigenvalue weighted by Crippen LogP contribution is 2.24. The van der Waals surface area contributed by atoms with Gasteiger partial charge in [-0.3, -0.25) is 14.9 Å². The molecule has 23 heavy (non-hydrogen) atoms. The predicted octanol–water partition coefficient (Wildman–Crippen LogP) is 2.75. The maximum absolute atomic E-state index is 12.5. The zero-order valence-electron chi connectivity index (χ0n) is 13.4. The number of carbonyl (C=O) groups excluding carboxylic acids is 1. The molecule has 0 aliphatic carbocycles. The minimum absolute atomic E-state index is 0.166. The van der Waals surface area contributed by atoms with Gasteiger partial charge in [-0.2, -0.15) is 4.98 Å². The summed E-state index contributed by atoms with van der Waals surface area (Å²) in [5.41, 5.74) is 0.747. The van der Waals surface area contributed by atoms with Gasteiger partial charge in [-0.25, -0.2) is 0 Å². The van der Waals surface area contributed by atoms with Crippen molar-refractivity contribution in [3.8, 4) is 11.5 Å². The van der Waals surface area contributed by atoms with Crippen LogP contribution in [0, 0.1) is 0 Å². The third-order valence-corrected chi connectivity index (χ3v) is 5.01. The first-order valence-corrected chi connectivity index (χ1v) is 8.91. The van der Waals surface area contributed by atoms with E-state index in [2.05, 4.69) is 34.0 Å². The molecule has 1 N–H and O–H groups in total. The molecule has 3 rings (SSSR count). The Kier molecular flexibility index (Phi) is 4.95. The summed E-state index contributed by atoms with van der Waals surface area (Å²) in [4.78, 5) is 23.1. The first-order valence-electron chi connectivity index (χ1n) is 7.93. The lowest BCUT2D eigenvalue weighted by Crippen LogP contribution is -2.48. The van der Waals surface area contributed by atoms with Crippen LogP contribution in [0.1, 0.15) is 33.1 Å². The van der Waals surface area contributed by atoms with E-state index in [4.69, 9.17) is 0 Å². The molecule has 1 aliphatic rings. The number of amides is 1. The number of thioether (sulfide) groups is 1. The molecule has 3 heterocycles. The Balaban J connectivity index is 1.60. The van der Waals surface area contributed by atoms with Crippen LogP contribution in [0.3, 0.4) is 0 Å². The van der Waals surface area contributed by atoms with Crippen LogP contribution in [0.25, 0.3) is 11.5 Å². The van der Waals surface area contributed by atoms with E-state index in [1.54, 1.807) is 6.20 Å². The van der Waals surface area contributed by atoms with Crippen LogP contribution in [-0.2, 0) is 4.79 Å². The fraction of sp³-hybridized carbons (Fsp3) is 0.500. The molecule has 7 heteroatoms. The van der Waals surface area contributed by atoms with E-state index in [0.717, 1.165) is 18.5 Å². The van der Waals surface area contributed by atoms with E-state index < -0.39 is 0 Å². The number of piperidine rings is 1. The van der Waals surface area contributed by atoms with Gasteiger partial charge in [0.05, 0.1) is 5.75 Å². The number of rotatable bonds is 4. The lowest BCUT2D eigenvalue weighted by Gasteiger charge is -2.39. The van der Waals surface area contributed by atoms with Crippen molar-refractivity contribution in [3.63, 3.8) is 0 Å². The second kappa shape index (κ2) is 7.12. The summed E-state index contributed by atoms with van der Waals surface area (Å²) in [6, 6.07) is 6.28. The second-order valence-electron chi connectivity index (χ2n) is 5.90. The van der Waals surface area contributed by atoms with Crippen molar-refractivity contribution in [3.05, 3.63) is 24.4 Å². The van der Waals surface area contributed by atoms with Crippen LogP contribution in [0.15, 0.2) is 29.6 Å². The lowest BCUT2D eigenvalue weighted by molar-refractivity contribution is -0.134. The topological polar surface area (TPSA) is 74.8 Å². The van der Waals surface area contributed by atoms with Gasteiger partial charge in [0.1, 0.15) is 5.69 Å². The average molecular weight is 331 g/mol. The fourth-order valence-corrected chi connectivity index (χ4v) is 3.71. The van der Waals surface area contributed by atoms with Crippen LogP contribution in [-0.4, -0.2) is 48.8 Å². The largest absolute Gasteiger partial charge is 0.337 e. The molecule has 1 aliphatic heterocycles. The zero-order valence-corrected chi connectivity index (χ0v) is 14.2. The Morgan fingerprint density at radius 2 is 2.13 bits per heavy atom. The summed E-state index contributed by atoms with van der Waals surface area (Å²) in [6.45, 7) is 4.26. The van der Waals surface area contributed by atoms with Gasteiger partial charge in [-0.05, 0) is 45.2 Å². The van der Waals surface area contributed by atoms with Crippen molar-refractivity contribution in [1.29, 1.82) is 0 Å². The first-order chi connectivity index (χ1) is 11.1. The quantitative estimate of drug-likeness (QED) is 0.872. The van der Waals surface area contributed by atoms with Crippen molar-refractivity contribution < 1.29 is 4.79 Å². The molecule has 0 radical (unpaired) electrons. The molecule has 2 atom stereocenters. The van der Waals surface area contributed by atoms with Gasteiger partial charge in [-0.15, -0.1) is 5.10 Å². The van der Waals surface area contributed by atoms with Crippen molar-refractivity contribution in [2.45, 2.75) is 50.4 Å². The van der Waals surface area contributed by atoms with E-state index >= 15 is 0 Å². The molecule has 1 saturated heterocycles. The third-order valence-electron chi connectivity index (χ3n) is 4.18. The van der Waals surface area contributed by atoms with Gasteiger partial charge in [0.2, 0.25) is 11.1 Å². The maximum atomic E-state index is 12.5. The maximum Gasteiger partial charge on any atom is 0.233 e. The van der Waals surface area contributed by atoms with Crippen molar-refractivity contribution >= 4 is 17.7 Å². The number of hydrogen-bond acceptors (Lipinski definition) is 5. The third kappa shape index (κ3) is 3.72. The average Bonchev–Trinajstić information content (AvgIpc) is 3.02. The summed E-state index contributed by atoms with van der Waals surface area (Å²) in [5.74, 6) is 1.16. The number of aromatic nitrogens is 4. The van der Waals surface area contributed by atoms with E-state index in [0.29, 0.717) is 28.8 Å². The number of pyridine rings is 1. The fourth-order valence-electron chi connectivity index (χ4n) is 3.04. The van der Waals surface area contributed by atoms with Gasteiger partial charge in [0.25, 0.3) is 0 Å². The number of H-pyrrole nitrogens is 1. The minimum Gasteiger partial charge on any atom is -0.337 e. The Morgan fingerprint density at radius 3 is 2.83 bits per heavy atom. The smallest absolute Gasteiger partial charge is 0.233 e. The molecule has 0 saturated carbocycles. The highest BCUT2D eigenvalue weighted by Gasteiger charge is 2.28. The highest BCUT2D eigenvalue weighted by atomic mass is 32.2. The summed E-state index contributed by atoms with van der Waals surface area (Å²) >= 11 is 1.37. The normalized spacial score (nSPS) is 21.4. The van der Waals surface area contributed by atoms with Crippen molar-refractivity contribution in [2.24, 2.45) is 0 Å². The number of likely N-dealkylation sites (tertiary alicyclic amines) is 1.